The molecule has 1 aromatic carbocycles. The summed E-state index contributed by atoms with van der Waals surface area (Å²) in [6.45, 7) is 5.38. The van der Waals surface area contributed by atoms with Crippen molar-refractivity contribution in [3.05, 3.63) is 36.4 Å². The van der Waals surface area contributed by atoms with Gasteiger partial charge in [-0.05, 0) is 25.0 Å². The highest BCUT2D eigenvalue weighted by atomic mass is 15.1. The molecule has 1 heteroatoms. The summed E-state index contributed by atoms with van der Waals surface area (Å²) in [7, 11) is 0. The lowest BCUT2D eigenvalue weighted by Gasteiger charge is -2.15. The Morgan fingerprint density at radius 3 is 3.00 bits per heavy atom. The molecule has 0 unspecified atom stereocenters. The van der Waals surface area contributed by atoms with Crippen molar-refractivity contribution < 1.29 is 0 Å². The van der Waals surface area contributed by atoms with E-state index in [0.717, 1.165) is 6.54 Å². The Morgan fingerprint density at radius 2 is 2.18 bits per heavy atom. The van der Waals surface area contributed by atoms with E-state index in [1.165, 1.54) is 17.7 Å². The Balaban J connectivity index is 2.39. The van der Waals surface area contributed by atoms with E-state index >= 15 is 0 Å². The first-order valence-corrected chi connectivity index (χ1v) is 4.06. The maximum absolute atomic E-state index is 2.30. The van der Waals surface area contributed by atoms with Gasteiger partial charge in [0.1, 0.15) is 0 Å². The van der Waals surface area contributed by atoms with Crippen LogP contribution in [0.15, 0.2) is 24.3 Å². The highest BCUT2D eigenvalue weighted by Gasteiger charge is 2.15. The van der Waals surface area contributed by atoms with Crippen molar-refractivity contribution >= 4 is 5.69 Å². The molecule has 11 heavy (non-hydrogen) atoms. The van der Waals surface area contributed by atoms with Crippen LogP contribution in [-0.4, -0.2) is 6.54 Å². The van der Waals surface area contributed by atoms with Crippen LogP contribution in [0.4, 0.5) is 5.69 Å². The van der Waals surface area contributed by atoms with Gasteiger partial charge in [-0.2, -0.15) is 0 Å². The van der Waals surface area contributed by atoms with E-state index in [4.69, 9.17) is 0 Å². The Kier molecular flexibility index (Phi) is 1.57. The van der Waals surface area contributed by atoms with E-state index in [-0.39, 0.29) is 0 Å². The molecular formula is C10H12N. The van der Waals surface area contributed by atoms with E-state index in [2.05, 4.69) is 42.6 Å². The van der Waals surface area contributed by atoms with E-state index in [1.54, 1.807) is 0 Å². The lowest BCUT2D eigenvalue weighted by Crippen LogP contribution is -2.14. The van der Waals surface area contributed by atoms with Crippen LogP contribution in [-0.2, 0) is 6.42 Å². The summed E-state index contributed by atoms with van der Waals surface area (Å²) >= 11 is 0. The predicted molar refractivity (Wildman–Crippen MR) is 47.5 cm³/mol. The quantitative estimate of drug-likeness (QED) is 0.587. The van der Waals surface area contributed by atoms with Gasteiger partial charge in [0.15, 0.2) is 0 Å². The number of nitrogens with zero attached hydrogens (tertiary/aromatic N) is 1. The Hall–Kier alpha value is -0.980. The van der Waals surface area contributed by atoms with Crippen molar-refractivity contribution in [2.45, 2.75) is 13.3 Å². The molecule has 0 aliphatic carbocycles. The van der Waals surface area contributed by atoms with Crippen LogP contribution in [0.3, 0.4) is 0 Å². The van der Waals surface area contributed by atoms with Gasteiger partial charge < -0.3 is 4.90 Å². The standard InChI is InChI=1S/C10H12N/c1-2-11-8-7-9-5-3-4-6-10(9)11/h2-6H,7-8H2,1H3. The van der Waals surface area contributed by atoms with Crippen LogP contribution in [0.25, 0.3) is 0 Å². The highest BCUT2D eigenvalue weighted by molar-refractivity contribution is 5.58. The molecule has 1 aliphatic heterocycles. The smallest absolute Gasteiger partial charge is 0.0462 e. The molecule has 0 atom stereocenters. The first-order chi connectivity index (χ1) is 5.42. The molecule has 0 N–H and O–H groups in total. The van der Waals surface area contributed by atoms with E-state index in [9.17, 15) is 0 Å². The Labute approximate surface area is 67.6 Å². The molecule has 0 aromatic heterocycles. The molecular weight excluding hydrogens is 134 g/mol. The van der Waals surface area contributed by atoms with Gasteiger partial charge in [-0.25, -0.2) is 0 Å². The number of rotatable bonds is 1. The van der Waals surface area contributed by atoms with Crippen LogP contribution in [0.2, 0.25) is 0 Å². The zero-order valence-corrected chi connectivity index (χ0v) is 6.75. The van der Waals surface area contributed by atoms with Gasteiger partial charge in [-0.3, -0.25) is 0 Å². The van der Waals surface area contributed by atoms with Crippen LogP contribution in [0.5, 0.6) is 0 Å². The van der Waals surface area contributed by atoms with Gasteiger partial charge in [0.2, 0.25) is 0 Å². The normalized spacial score (nSPS) is 15.2. The minimum absolute atomic E-state index is 1.15. The number of para-hydroxylation sites is 1. The molecule has 1 aromatic rings. The van der Waals surface area contributed by atoms with Crippen molar-refractivity contribution in [3.8, 4) is 0 Å². The predicted octanol–water partition coefficient (Wildman–Crippen LogP) is 2.23. The molecule has 0 fully saturated rings. The summed E-state index contributed by atoms with van der Waals surface area (Å²) in [4.78, 5) is 2.30. The molecule has 0 saturated heterocycles. The fourth-order valence-electron chi connectivity index (χ4n) is 1.63. The SMILES string of the molecule is C[CH]N1CCc2ccccc21. The first-order valence-electron chi connectivity index (χ1n) is 4.06. The lowest BCUT2D eigenvalue weighted by atomic mass is 10.2. The van der Waals surface area contributed by atoms with Crippen molar-refractivity contribution in [2.75, 3.05) is 11.4 Å². The highest BCUT2D eigenvalue weighted by Crippen LogP contribution is 2.27. The third-order valence-electron chi connectivity index (χ3n) is 2.23. The maximum atomic E-state index is 2.30. The van der Waals surface area contributed by atoms with Crippen LogP contribution >= 0.6 is 0 Å². The van der Waals surface area contributed by atoms with Crippen molar-refractivity contribution in [1.82, 2.24) is 0 Å². The zero-order chi connectivity index (χ0) is 7.68. The summed E-state index contributed by atoms with van der Waals surface area (Å²) in [5.41, 5.74) is 2.86. The van der Waals surface area contributed by atoms with Gasteiger partial charge in [0, 0.05) is 18.8 Å². The van der Waals surface area contributed by atoms with Gasteiger partial charge in [0.25, 0.3) is 0 Å². The maximum Gasteiger partial charge on any atom is 0.0462 e. The molecule has 0 amide bonds. The summed E-state index contributed by atoms with van der Waals surface area (Å²) in [6.07, 6.45) is 1.19. The molecule has 0 bridgehead atoms. The topological polar surface area (TPSA) is 3.24 Å². The molecule has 0 saturated carbocycles. The van der Waals surface area contributed by atoms with Gasteiger partial charge in [-0.15, -0.1) is 0 Å². The molecule has 0 spiro atoms. The van der Waals surface area contributed by atoms with E-state index < -0.39 is 0 Å². The molecule has 1 radical (unpaired) electrons. The fraction of sp³-hybridized carbons (Fsp3) is 0.300. The second-order valence-corrected chi connectivity index (χ2v) is 2.83. The van der Waals surface area contributed by atoms with Crippen molar-refractivity contribution in [3.63, 3.8) is 0 Å². The molecule has 57 valence electrons. The molecule has 1 heterocycles. The molecule has 2 rings (SSSR count). The zero-order valence-electron chi connectivity index (χ0n) is 6.75. The average molecular weight is 146 g/mol. The number of anilines is 1. The minimum atomic E-state index is 1.15. The molecule has 1 aliphatic rings. The second-order valence-electron chi connectivity index (χ2n) is 2.83. The summed E-state index contributed by atoms with van der Waals surface area (Å²) in [5, 5.41) is 0. The second kappa shape index (κ2) is 2.57. The van der Waals surface area contributed by atoms with Gasteiger partial charge >= 0.3 is 0 Å². The summed E-state index contributed by atoms with van der Waals surface area (Å²) < 4.78 is 0. The summed E-state index contributed by atoms with van der Waals surface area (Å²) in [5.74, 6) is 0. The third kappa shape index (κ3) is 1.01. The Morgan fingerprint density at radius 1 is 1.36 bits per heavy atom. The summed E-state index contributed by atoms with van der Waals surface area (Å²) in [6, 6.07) is 8.60. The number of benzene rings is 1. The monoisotopic (exact) mass is 146 g/mol. The molecule has 1 nitrogen and oxygen atoms in total. The Bertz CT molecular complexity index is 255. The lowest BCUT2D eigenvalue weighted by molar-refractivity contribution is 0.940. The van der Waals surface area contributed by atoms with E-state index in [0.29, 0.717) is 0 Å². The fourth-order valence-corrected chi connectivity index (χ4v) is 1.63. The van der Waals surface area contributed by atoms with Crippen molar-refractivity contribution in [2.24, 2.45) is 0 Å². The van der Waals surface area contributed by atoms with E-state index in [1.807, 2.05) is 0 Å². The number of hydrogen-bond acceptors (Lipinski definition) is 1. The van der Waals surface area contributed by atoms with Crippen LogP contribution < -0.4 is 4.90 Å². The largest absolute Gasteiger partial charge is 0.366 e. The minimum Gasteiger partial charge on any atom is -0.366 e. The number of hydrogen-bond donors (Lipinski definition) is 0. The van der Waals surface area contributed by atoms with Crippen LogP contribution in [0.1, 0.15) is 12.5 Å². The average Bonchev–Trinajstić information content (AvgIpc) is 2.47. The van der Waals surface area contributed by atoms with Gasteiger partial charge in [-0.1, -0.05) is 18.2 Å². The first kappa shape index (κ1) is 6.71. The van der Waals surface area contributed by atoms with Gasteiger partial charge in [0.05, 0.1) is 0 Å². The third-order valence-corrected chi connectivity index (χ3v) is 2.23. The number of fused-ring (bicyclic) bond motifs is 1. The van der Waals surface area contributed by atoms with Crippen molar-refractivity contribution in [1.29, 1.82) is 0 Å². The van der Waals surface area contributed by atoms with Crippen LogP contribution in [0, 0.1) is 6.54 Å².